The van der Waals surface area contributed by atoms with Crippen molar-refractivity contribution in [3.05, 3.63) is 18.5 Å². The fraction of sp³-hybridized carbons (Fsp3) is 0.625. The number of piperidine rings is 1. The zero-order valence-electron chi connectivity index (χ0n) is 14.3. The van der Waals surface area contributed by atoms with Crippen molar-refractivity contribution in [2.24, 2.45) is 0 Å². The summed E-state index contributed by atoms with van der Waals surface area (Å²) in [6.07, 6.45) is 4.85. The Hall–Kier alpha value is -1.71. The summed E-state index contributed by atoms with van der Waals surface area (Å²) >= 11 is 0. The number of amides is 1. The first kappa shape index (κ1) is 18.1. The molecule has 2 aliphatic heterocycles. The third kappa shape index (κ3) is 3.78. The minimum Gasteiger partial charge on any atom is -0.495 e. The van der Waals surface area contributed by atoms with Crippen molar-refractivity contribution in [2.75, 3.05) is 40.0 Å². The molecule has 3 heterocycles. The van der Waals surface area contributed by atoms with Crippen molar-refractivity contribution >= 4 is 15.9 Å². The highest BCUT2D eigenvalue weighted by Crippen LogP contribution is 2.28. The number of aromatic nitrogens is 1. The molecule has 1 aromatic heterocycles. The van der Waals surface area contributed by atoms with Crippen LogP contribution in [0.4, 0.5) is 0 Å². The number of morpholine rings is 1. The van der Waals surface area contributed by atoms with Crippen LogP contribution in [0.15, 0.2) is 23.4 Å². The molecular formula is C16H23N3O5S. The molecule has 1 unspecified atom stereocenters. The van der Waals surface area contributed by atoms with Crippen molar-refractivity contribution < 1.29 is 22.7 Å². The third-order valence-corrected chi connectivity index (χ3v) is 6.47. The lowest BCUT2D eigenvalue weighted by atomic mass is 10.0. The van der Waals surface area contributed by atoms with E-state index in [1.807, 2.05) is 0 Å². The van der Waals surface area contributed by atoms with E-state index in [1.165, 1.54) is 29.9 Å². The van der Waals surface area contributed by atoms with Crippen LogP contribution < -0.4 is 4.74 Å². The van der Waals surface area contributed by atoms with Gasteiger partial charge in [-0.3, -0.25) is 9.78 Å². The van der Waals surface area contributed by atoms with Crippen LogP contribution in [0.5, 0.6) is 5.75 Å². The molecule has 25 heavy (non-hydrogen) atoms. The Balaban J connectivity index is 1.87. The summed E-state index contributed by atoms with van der Waals surface area (Å²) in [6.45, 7) is 2.32. The van der Waals surface area contributed by atoms with Crippen LogP contribution in [0.25, 0.3) is 0 Å². The predicted molar refractivity (Wildman–Crippen MR) is 89.7 cm³/mol. The van der Waals surface area contributed by atoms with Crippen molar-refractivity contribution in [3.63, 3.8) is 0 Å². The van der Waals surface area contributed by atoms with Gasteiger partial charge in [0, 0.05) is 31.9 Å². The number of carbonyl (C=O) groups excluding carboxylic acids is 1. The highest BCUT2D eigenvalue weighted by Gasteiger charge is 2.39. The zero-order valence-corrected chi connectivity index (χ0v) is 15.1. The van der Waals surface area contributed by atoms with E-state index >= 15 is 0 Å². The van der Waals surface area contributed by atoms with Gasteiger partial charge in [-0.25, -0.2) is 8.42 Å². The molecule has 2 saturated heterocycles. The molecule has 1 atom stereocenters. The summed E-state index contributed by atoms with van der Waals surface area (Å²) < 4.78 is 37.9. The lowest BCUT2D eigenvalue weighted by Crippen LogP contribution is -2.54. The lowest BCUT2D eigenvalue weighted by Gasteiger charge is -2.37. The van der Waals surface area contributed by atoms with E-state index in [9.17, 15) is 13.2 Å². The number of pyridine rings is 1. The first-order chi connectivity index (χ1) is 12.0. The maximum atomic E-state index is 13.1. The average Bonchev–Trinajstić information content (AvgIpc) is 2.68. The molecule has 0 aliphatic carbocycles. The van der Waals surface area contributed by atoms with Gasteiger partial charge >= 0.3 is 0 Å². The summed E-state index contributed by atoms with van der Waals surface area (Å²) in [5, 5.41) is 0. The number of methoxy groups -OCH3 is 1. The van der Waals surface area contributed by atoms with Crippen molar-refractivity contribution in [3.8, 4) is 5.75 Å². The highest BCUT2D eigenvalue weighted by atomic mass is 32.2. The summed E-state index contributed by atoms with van der Waals surface area (Å²) in [5.74, 6) is 0.233. The molecule has 3 rings (SSSR count). The monoisotopic (exact) mass is 369 g/mol. The van der Waals surface area contributed by atoms with Crippen LogP contribution in [-0.2, 0) is 19.6 Å². The number of hydrogen-bond donors (Lipinski definition) is 0. The first-order valence-electron chi connectivity index (χ1n) is 8.41. The quantitative estimate of drug-likeness (QED) is 0.768. The second-order valence-corrected chi connectivity index (χ2v) is 8.02. The minimum atomic E-state index is -3.82. The Morgan fingerprint density at radius 3 is 2.72 bits per heavy atom. The molecule has 1 aromatic rings. The van der Waals surface area contributed by atoms with Crippen LogP contribution in [-0.4, -0.2) is 74.5 Å². The van der Waals surface area contributed by atoms with E-state index in [1.54, 1.807) is 4.90 Å². The minimum absolute atomic E-state index is 0.0496. The van der Waals surface area contributed by atoms with Crippen LogP contribution in [0.3, 0.4) is 0 Å². The van der Waals surface area contributed by atoms with E-state index < -0.39 is 16.1 Å². The molecule has 0 radical (unpaired) electrons. The SMILES string of the molecule is COc1cncc(S(=O)(=O)N2CCCCC2C(=O)N2CCOCC2)c1. The van der Waals surface area contributed by atoms with E-state index in [2.05, 4.69) is 4.98 Å². The first-order valence-corrected chi connectivity index (χ1v) is 9.85. The van der Waals surface area contributed by atoms with Gasteiger partial charge in [-0.2, -0.15) is 4.31 Å². The molecule has 2 fully saturated rings. The van der Waals surface area contributed by atoms with Crippen LogP contribution in [0.2, 0.25) is 0 Å². The molecule has 0 bridgehead atoms. The van der Waals surface area contributed by atoms with Gasteiger partial charge in [0.1, 0.15) is 16.7 Å². The number of carbonyl (C=O) groups is 1. The standard InChI is InChI=1S/C16H23N3O5S/c1-23-13-10-14(12-17-11-13)25(21,22)19-5-3-2-4-15(19)16(20)18-6-8-24-9-7-18/h10-12,15H,2-9H2,1H3. The Kier molecular flexibility index (Phi) is 5.55. The number of rotatable bonds is 4. The number of hydrogen-bond acceptors (Lipinski definition) is 6. The smallest absolute Gasteiger partial charge is 0.245 e. The van der Waals surface area contributed by atoms with E-state index in [0.29, 0.717) is 45.0 Å². The van der Waals surface area contributed by atoms with Crippen molar-refractivity contribution in [2.45, 2.75) is 30.2 Å². The molecular weight excluding hydrogens is 346 g/mol. The summed E-state index contributed by atoms with van der Waals surface area (Å²) in [5.41, 5.74) is 0. The molecule has 0 aromatic carbocycles. The van der Waals surface area contributed by atoms with Gasteiger partial charge < -0.3 is 14.4 Å². The second-order valence-electron chi connectivity index (χ2n) is 6.13. The molecule has 8 nitrogen and oxygen atoms in total. The van der Waals surface area contributed by atoms with Crippen LogP contribution in [0, 0.1) is 0 Å². The van der Waals surface area contributed by atoms with Gasteiger partial charge in [0.2, 0.25) is 15.9 Å². The van der Waals surface area contributed by atoms with Crippen molar-refractivity contribution in [1.82, 2.24) is 14.2 Å². The zero-order chi connectivity index (χ0) is 17.9. The number of nitrogens with zero attached hydrogens (tertiary/aromatic N) is 3. The van der Waals surface area contributed by atoms with Crippen LogP contribution >= 0.6 is 0 Å². The second kappa shape index (κ2) is 7.67. The number of sulfonamides is 1. The van der Waals surface area contributed by atoms with Crippen molar-refractivity contribution in [1.29, 1.82) is 0 Å². The Morgan fingerprint density at radius 1 is 1.24 bits per heavy atom. The molecule has 0 saturated carbocycles. The summed E-state index contributed by atoms with van der Waals surface area (Å²) in [4.78, 5) is 18.6. The van der Waals surface area contributed by atoms with Gasteiger partial charge in [0.25, 0.3) is 0 Å². The maximum Gasteiger partial charge on any atom is 0.245 e. The Morgan fingerprint density at radius 2 is 2.00 bits per heavy atom. The Bertz CT molecular complexity index is 718. The molecule has 1 amide bonds. The summed E-state index contributed by atoms with van der Waals surface area (Å²) in [7, 11) is -2.36. The van der Waals surface area contributed by atoms with Gasteiger partial charge in [-0.1, -0.05) is 6.42 Å². The number of ether oxygens (including phenoxy) is 2. The largest absolute Gasteiger partial charge is 0.495 e. The molecule has 0 N–H and O–H groups in total. The highest BCUT2D eigenvalue weighted by molar-refractivity contribution is 7.89. The normalized spacial score (nSPS) is 22.6. The summed E-state index contributed by atoms with van der Waals surface area (Å²) in [6, 6.07) is 0.774. The van der Waals surface area contributed by atoms with E-state index in [-0.39, 0.29) is 10.8 Å². The Labute approximate surface area is 147 Å². The fourth-order valence-electron chi connectivity index (χ4n) is 3.22. The predicted octanol–water partition coefficient (Wildman–Crippen LogP) is 0.492. The van der Waals surface area contributed by atoms with Crippen LogP contribution in [0.1, 0.15) is 19.3 Å². The molecule has 2 aliphatic rings. The fourth-order valence-corrected chi connectivity index (χ4v) is 4.85. The maximum absolute atomic E-state index is 13.1. The molecule has 9 heteroatoms. The van der Waals surface area contributed by atoms with Gasteiger partial charge in [0.05, 0.1) is 26.5 Å². The van der Waals surface area contributed by atoms with Gasteiger partial charge in [0.15, 0.2) is 0 Å². The van der Waals surface area contributed by atoms with E-state index in [4.69, 9.17) is 9.47 Å². The molecule has 138 valence electrons. The average molecular weight is 369 g/mol. The van der Waals surface area contributed by atoms with Gasteiger partial charge in [-0.15, -0.1) is 0 Å². The van der Waals surface area contributed by atoms with Gasteiger partial charge in [-0.05, 0) is 12.8 Å². The molecule has 0 spiro atoms. The lowest BCUT2D eigenvalue weighted by molar-refractivity contribution is -0.140. The topological polar surface area (TPSA) is 89.0 Å². The third-order valence-electron chi connectivity index (χ3n) is 4.59. The van der Waals surface area contributed by atoms with E-state index in [0.717, 1.165) is 12.8 Å².